The van der Waals surface area contributed by atoms with Crippen LogP contribution in [-0.2, 0) is 6.42 Å². The van der Waals surface area contributed by atoms with E-state index in [2.05, 4.69) is 21.2 Å². The Morgan fingerprint density at radius 2 is 1.70 bits per heavy atom. The highest BCUT2D eigenvalue weighted by Crippen LogP contribution is 2.32. The smallest absolute Gasteiger partial charge is 0.0465 e. The van der Waals surface area contributed by atoms with Crippen molar-refractivity contribution in [2.75, 3.05) is 7.05 Å². The third-order valence-electron chi connectivity index (χ3n) is 3.16. The predicted molar refractivity (Wildman–Crippen MR) is 91.1 cm³/mol. The average Bonchev–Trinajstić information content (AvgIpc) is 2.40. The number of rotatable bonds is 4. The van der Waals surface area contributed by atoms with Gasteiger partial charge in [-0.05, 0) is 48.9 Å². The molecular formula is C15H13BrCl3N. The molecule has 0 saturated heterocycles. The maximum absolute atomic E-state index is 6.31. The van der Waals surface area contributed by atoms with Crippen LogP contribution in [-0.4, -0.2) is 7.05 Å². The zero-order valence-corrected chi connectivity index (χ0v) is 14.6. The number of hydrogen-bond donors (Lipinski definition) is 1. The van der Waals surface area contributed by atoms with Crippen molar-refractivity contribution in [3.05, 3.63) is 67.1 Å². The molecule has 1 nitrogen and oxygen atoms in total. The van der Waals surface area contributed by atoms with E-state index in [9.17, 15) is 0 Å². The largest absolute Gasteiger partial charge is 0.313 e. The lowest BCUT2D eigenvalue weighted by Crippen LogP contribution is -2.19. The topological polar surface area (TPSA) is 12.0 Å². The summed E-state index contributed by atoms with van der Waals surface area (Å²) in [7, 11) is 1.90. The van der Waals surface area contributed by atoms with Gasteiger partial charge in [-0.3, -0.25) is 0 Å². The van der Waals surface area contributed by atoms with Crippen LogP contribution < -0.4 is 5.32 Å². The molecule has 0 aliphatic rings. The van der Waals surface area contributed by atoms with Crippen molar-refractivity contribution < 1.29 is 0 Å². The Morgan fingerprint density at radius 1 is 1.05 bits per heavy atom. The molecule has 2 aromatic carbocycles. The van der Waals surface area contributed by atoms with Gasteiger partial charge in [0, 0.05) is 25.6 Å². The fourth-order valence-electron chi connectivity index (χ4n) is 2.08. The Kier molecular flexibility index (Phi) is 5.76. The van der Waals surface area contributed by atoms with E-state index in [-0.39, 0.29) is 6.04 Å². The molecule has 0 spiro atoms. The maximum atomic E-state index is 6.31. The summed E-state index contributed by atoms with van der Waals surface area (Å²) in [5.41, 5.74) is 1.95. The molecule has 1 unspecified atom stereocenters. The van der Waals surface area contributed by atoms with Gasteiger partial charge >= 0.3 is 0 Å². The molecule has 1 atom stereocenters. The molecule has 20 heavy (non-hydrogen) atoms. The molecule has 0 bridgehead atoms. The highest BCUT2D eigenvalue weighted by molar-refractivity contribution is 9.10. The number of nitrogens with one attached hydrogen (secondary N) is 1. The third-order valence-corrected chi connectivity index (χ3v) is 4.69. The van der Waals surface area contributed by atoms with E-state index < -0.39 is 0 Å². The van der Waals surface area contributed by atoms with Crippen molar-refractivity contribution in [2.24, 2.45) is 0 Å². The summed E-state index contributed by atoms with van der Waals surface area (Å²) >= 11 is 22.2. The van der Waals surface area contributed by atoms with Crippen LogP contribution in [0.25, 0.3) is 0 Å². The van der Waals surface area contributed by atoms with E-state index in [1.807, 2.05) is 43.4 Å². The quantitative estimate of drug-likeness (QED) is 0.681. The second-order valence-corrected chi connectivity index (χ2v) is 6.55. The highest BCUT2D eigenvalue weighted by Gasteiger charge is 2.17. The number of halogens is 4. The van der Waals surface area contributed by atoms with Crippen LogP contribution >= 0.6 is 50.7 Å². The summed E-state index contributed by atoms with van der Waals surface area (Å²) < 4.78 is 0.955. The molecule has 0 aliphatic heterocycles. The van der Waals surface area contributed by atoms with Crippen molar-refractivity contribution >= 4 is 50.7 Å². The predicted octanol–water partition coefficient (Wildman–Crippen LogP) is 5.91. The summed E-state index contributed by atoms with van der Waals surface area (Å²) in [4.78, 5) is 0. The lowest BCUT2D eigenvalue weighted by molar-refractivity contribution is 0.592. The van der Waals surface area contributed by atoms with E-state index in [1.54, 1.807) is 0 Å². The Bertz CT molecular complexity index is 596. The lowest BCUT2D eigenvalue weighted by atomic mass is 9.99. The van der Waals surface area contributed by atoms with Gasteiger partial charge in [-0.25, -0.2) is 0 Å². The molecule has 106 valence electrons. The van der Waals surface area contributed by atoms with E-state index in [4.69, 9.17) is 34.8 Å². The molecule has 0 aliphatic carbocycles. The standard InChI is InChI=1S/C15H13BrCl3N/c1-20-15(10-6-5-9(16)7-14(10)19)8-11-12(17)3-2-4-13(11)18/h2-7,15,20H,8H2,1H3. The van der Waals surface area contributed by atoms with Crippen molar-refractivity contribution in [3.63, 3.8) is 0 Å². The minimum Gasteiger partial charge on any atom is -0.313 e. The summed E-state index contributed by atoms with van der Waals surface area (Å²) in [6.07, 6.45) is 0.677. The van der Waals surface area contributed by atoms with Gasteiger partial charge in [-0.1, -0.05) is 62.9 Å². The summed E-state index contributed by atoms with van der Waals surface area (Å²) in [5, 5.41) is 5.32. The number of likely N-dealkylation sites (N-methyl/N-ethyl adjacent to an activating group) is 1. The second kappa shape index (κ2) is 7.15. The molecule has 0 saturated carbocycles. The Hall–Kier alpha value is -0.250. The van der Waals surface area contributed by atoms with Gasteiger partial charge in [0.05, 0.1) is 0 Å². The summed E-state index contributed by atoms with van der Waals surface area (Å²) in [6, 6.07) is 11.4. The van der Waals surface area contributed by atoms with Crippen LogP contribution in [0.5, 0.6) is 0 Å². The number of hydrogen-bond acceptors (Lipinski definition) is 1. The zero-order chi connectivity index (χ0) is 14.7. The molecule has 0 heterocycles. The first-order valence-electron chi connectivity index (χ1n) is 6.08. The van der Waals surface area contributed by atoms with Crippen LogP contribution in [0, 0.1) is 0 Å². The molecule has 0 fully saturated rings. The Morgan fingerprint density at radius 3 is 2.25 bits per heavy atom. The van der Waals surface area contributed by atoms with Crippen molar-refractivity contribution in [1.29, 1.82) is 0 Å². The maximum Gasteiger partial charge on any atom is 0.0465 e. The van der Waals surface area contributed by atoms with Gasteiger partial charge < -0.3 is 5.32 Å². The molecule has 1 N–H and O–H groups in total. The van der Waals surface area contributed by atoms with Gasteiger partial charge in [0.2, 0.25) is 0 Å². The first-order chi connectivity index (χ1) is 9.52. The third kappa shape index (κ3) is 3.69. The summed E-state index contributed by atoms with van der Waals surface area (Å²) in [6.45, 7) is 0. The van der Waals surface area contributed by atoms with E-state index in [1.165, 1.54) is 0 Å². The van der Waals surface area contributed by atoms with Crippen molar-refractivity contribution in [1.82, 2.24) is 5.32 Å². The minimum absolute atomic E-state index is 0.0491. The van der Waals surface area contributed by atoms with Crippen LogP contribution in [0.2, 0.25) is 15.1 Å². The fraction of sp³-hybridized carbons (Fsp3) is 0.200. The zero-order valence-electron chi connectivity index (χ0n) is 10.8. The second-order valence-electron chi connectivity index (χ2n) is 4.41. The van der Waals surface area contributed by atoms with Gasteiger partial charge in [-0.15, -0.1) is 0 Å². The highest BCUT2D eigenvalue weighted by atomic mass is 79.9. The molecule has 5 heteroatoms. The normalized spacial score (nSPS) is 12.4. The molecule has 0 aromatic heterocycles. The Labute approximate surface area is 142 Å². The van der Waals surface area contributed by atoms with Crippen LogP contribution in [0.3, 0.4) is 0 Å². The van der Waals surface area contributed by atoms with Gasteiger partial charge in [0.25, 0.3) is 0 Å². The monoisotopic (exact) mass is 391 g/mol. The van der Waals surface area contributed by atoms with Crippen LogP contribution in [0.4, 0.5) is 0 Å². The van der Waals surface area contributed by atoms with Gasteiger partial charge in [0.15, 0.2) is 0 Å². The van der Waals surface area contributed by atoms with E-state index in [0.29, 0.717) is 21.5 Å². The molecule has 2 aromatic rings. The SMILES string of the molecule is CNC(Cc1c(Cl)cccc1Cl)c1ccc(Br)cc1Cl. The van der Waals surface area contributed by atoms with Gasteiger partial charge in [0.1, 0.15) is 0 Å². The van der Waals surface area contributed by atoms with Crippen LogP contribution in [0.15, 0.2) is 40.9 Å². The molecule has 2 rings (SSSR count). The van der Waals surface area contributed by atoms with Crippen molar-refractivity contribution in [3.8, 4) is 0 Å². The van der Waals surface area contributed by atoms with Crippen LogP contribution in [0.1, 0.15) is 17.2 Å². The average molecular weight is 394 g/mol. The van der Waals surface area contributed by atoms with Gasteiger partial charge in [-0.2, -0.15) is 0 Å². The lowest BCUT2D eigenvalue weighted by Gasteiger charge is -2.19. The first kappa shape index (κ1) is 16.1. The summed E-state index contributed by atoms with van der Waals surface area (Å²) in [5.74, 6) is 0. The molecule has 0 radical (unpaired) electrons. The molecule has 0 amide bonds. The number of benzene rings is 2. The van der Waals surface area contributed by atoms with Crippen molar-refractivity contribution in [2.45, 2.75) is 12.5 Å². The fourth-order valence-corrected chi connectivity index (χ4v) is 3.44. The van der Waals surface area contributed by atoms with E-state index in [0.717, 1.165) is 15.6 Å². The minimum atomic E-state index is 0.0491. The Balaban J connectivity index is 2.34. The first-order valence-corrected chi connectivity index (χ1v) is 8.00. The van der Waals surface area contributed by atoms with E-state index >= 15 is 0 Å². The molecular weight excluding hydrogens is 380 g/mol.